The van der Waals surface area contributed by atoms with E-state index in [0.717, 1.165) is 31.4 Å². The summed E-state index contributed by atoms with van der Waals surface area (Å²) >= 11 is 0. The number of hydrogen-bond donors (Lipinski definition) is 2. The molecule has 3 heteroatoms. The molecule has 2 N–H and O–H groups in total. The van der Waals surface area contributed by atoms with E-state index in [-0.39, 0.29) is 18.2 Å². The van der Waals surface area contributed by atoms with Crippen molar-refractivity contribution in [1.29, 1.82) is 0 Å². The lowest BCUT2D eigenvalue weighted by Gasteiger charge is -2.41. The molecule has 1 saturated carbocycles. The van der Waals surface area contributed by atoms with E-state index in [9.17, 15) is 5.11 Å². The van der Waals surface area contributed by atoms with Gasteiger partial charge in [-0.25, -0.2) is 0 Å². The Morgan fingerprint density at radius 2 is 2.10 bits per heavy atom. The molecule has 0 saturated heterocycles. The Kier molecular flexibility index (Phi) is 5.28. The van der Waals surface area contributed by atoms with E-state index in [4.69, 9.17) is 4.74 Å². The van der Waals surface area contributed by atoms with Crippen LogP contribution in [-0.2, 0) is 0 Å². The van der Waals surface area contributed by atoms with Crippen molar-refractivity contribution in [2.24, 2.45) is 0 Å². The smallest absolute Gasteiger partial charge is 0.120 e. The van der Waals surface area contributed by atoms with Crippen LogP contribution < -0.4 is 10.1 Å². The number of benzene rings is 1. The van der Waals surface area contributed by atoms with Crippen LogP contribution in [0.2, 0.25) is 0 Å². The maximum Gasteiger partial charge on any atom is 0.120 e. The lowest BCUT2D eigenvalue weighted by atomic mass is 9.80. The summed E-state index contributed by atoms with van der Waals surface area (Å²) in [7, 11) is 0. The van der Waals surface area contributed by atoms with Crippen LogP contribution in [0.1, 0.15) is 50.7 Å². The van der Waals surface area contributed by atoms with Crippen LogP contribution in [0.15, 0.2) is 18.2 Å². The third kappa shape index (κ3) is 4.21. The molecule has 0 radical (unpaired) electrons. The van der Waals surface area contributed by atoms with Crippen molar-refractivity contribution in [2.45, 2.75) is 71.1 Å². The summed E-state index contributed by atoms with van der Waals surface area (Å²) in [6, 6.07) is 6.64. The normalized spacial score (nSPS) is 26.1. The molecule has 1 fully saturated rings. The molecule has 1 aliphatic carbocycles. The summed E-state index contributed by atoms with van der Waals surface area (Å²) in [5, 5.41) is 13.4. The van der Waals surface area contributed by atoms with Gasteiger partial charge in [-0.15, -0.1) is 0 Å². The highest BCUT2D eigenvalue weighted by Crippen LogP contribution is 2.31. The van der Waals surface area contributed by atoms with E-state index in [2.05, 4.69) is 45.1 Å². The molecular formula is C18H29NO2. The van der Waals surface area contributed by atoms with Crippen LogP contribution in [0, 0.1) is 13.8 Å². The van der Waals surface area contributed by atoms with Crippen molar-refractivity contribution < 1.29 is 9.84 Å². The quantitative estimate of drug-likeness (QED) is 0.874. The van der Waals surface area contributed by atoms with Gasteiger partial charge in [-0.1, -0.05) is 19.9 Å². The molecule has 1 aromatic carbocycles. The number of hydrogen-bond acceptors (Lipinski definition) is 3. The minimum atomic E-state index is -0.184. The maximum absolute atomic E-state index is 9.84. The first-order valence-corrected chi connectivity index (χ1v) is 8.06. The summed E-state index contributed by atoms with van der Waals surface area (Å²) < 4.78 is 6.18. The van der Waals surface area contributed by atoms with Gasteiger partial charge in [-0.3, -0.25) is 0 Å². The van der Waals surface area contributed by atoms with Crippen LogP contribution >= 0.6 is 0 Å². The average Bonchev–Trinajstić information content (AvgIpc) is 2.42. The van der Waals surface area contributed by atoms with Crippen molar-refractivity contribution in [1.82, 2.24) is 5.32 Å². The molecule has 1 aromatic rings. The molecule has 0 bridgehead atoms. The number of rotatable bonds is 5. The number of aliphatic hydroxyl groups is 1. The Balaban J connectivity index is 2.04. The summed E-state index contributed by atoms with van der Waals surface area (Å²) in [5.74, 6) is 0.946. The van der Waals surface area contributed by atoms with Crippen LogP contribution in [0.5, 0.6) is 5.75 Å². The van der Waals surface area contributed by atoms with Gasteiger partial charge in [0.15, 0.2) is 0 Å². The highest BCUT2D eigenvalue weighted by molar-refractivity contribution is 5.34. The highest BCUT2D eigenvalue weighted by Gasteiger charge is 2.37. The number of ether oxygens (including phenoxy) is 1. The SMILES string of the molecule is Cc1ccc(OC2CCCC(CO)(NC(C)C)C2)cc1C. The molecular weight excluding hydrogens is 262 g/mol. The minimum Gasteiger partial charge on any atom is -0.490 e. The number of nitrogens with one attached hydrogen (secondary N) is 1. The van der Waals surface area contributed by atoms with Gasteiger partial charge in [0.25, 0.3) is 0 Å². The zero-order valence-electron chi connectivity index (χ0n) is 13.8. The van der Waals surface area contributed by atoms with Crippen LogP contribution in [0.4, 0.5) is 0 Å². The second kappa shape index (κ2) is 6.80. The second-order valence-corrected chi connectivity index (χ2v) is 6.82. The Morgan fingerprint density at radius 1 is 1.33 bits per heavy atom. The zero-order valence-corrected chi connectivity index (χ0v) is 13.8. The highest BCUT2D eigenvalue weighted by atomic mass is 16.5. The largest absolute Gasteiger partial charge is 0.490 e. The standard InChI is InChI=1S/C18H29NO2/c1-13(2)19-18(12-20)9-5-6-17(11-18)21-16-8-7-14(3)15(4)10-16/h7-8,10,13,17,19-20H,5-6,9,11-12H2,1-4H3. The van der Waals surface area contributed by atoms with Gasteiger partial charge >= 0.3 is 0 Å². The predicted octanol–water partition coefficient (Wildman–Crippen LogP) is 3.35. The Hall–Kier alpha value is -1.06. The van der Waals surface area contributed by atoms with Crippen molar-refractivity contribution in [3.8, 4) is 5.75 Å². The van der Waals surface area contributed by atoms with Gasteiger partial charge in [0.2, 0.25) is 0 Å². The molecule has 1 aliphatic rings. The fourth-order valence-electron chi connectivity index (χ4n) is 3.32. The van der Waals surface area contributed by atoms with Crippen molar-refractivity contribution in [2.75, 3.05) is 6.61 Å². The Bertz CT molecular complexity index is 472. The molecule has 118 valence electrons. The average molecular weight is 291 g/mol. The molecule has 0 amide bonds. The van der Waals surface area contributed by atoms with E-state index < -0.39 is 0 Å². The van der Waals surface area contributed by atoms with E-state index in [1.54, 1.807) is 0 Å². The van der Waals surface area contributed by atoms with Crippen molar-refractivity contribution in [3.63, 3.8) is 0 Å². The van der Waals surface area contributed by atoms with Gasteiger partial charge in [0.1, 0.15) is 11.9 Å². The molecule has 3 nitrogen and oxygen atoms in total. The molecule has 0 aromatic heterocycles. The molecule has 2 unspecified atom stereocenters. The lowest BCUT2D eigenvalue weighted by Crippen LogP contribution is -2.55. The molecule has 2 rings (SSSR count). The van der Waals surface area contributed by atoms with Gasteiger partial charge in [0.05, 0.1) is 6.61 Å². The predicted molar refractivity (Wildman–Crippen MR) is 86.9 cm³/mol. The minimum absolute atomic E-state index is 0.179. The van der Waals surface area contributed by atoms with E-state index in [0.29, 0.717) is 6.04 Å². The van der Waals surface area contributed by atoms with Gasteiger partial charge in [-0.2, -0.15) is 0 Å². The molecule has 0 heterocycles. The number of aliphatic hydroxyl groups excluding tert-OH is 1. The van der Waals surface area contributed by atoms with Gasteiger partial charge < -0.3 is 15.2 Å². The van der Waals surface area contributed by atoms with Gasteiger partial charge in [-0.05, 0) is 56.4 Å². The second-order valence-electron chi connectivity index (χ2n) is 6.82. The summed E-state index contributed by atoms with van der Waals surface area (Å²) in [6.45, 7) is 8.67. The van der Waals surface area contributed by atoms with Crippen molar-refractivity contribution in [3.05, 3.63) is 29.3 Å². The molecule has 0 aliphatic heterocycles. The fourth-order valence-corrected chi connectivity index (χ4v) is 3.32. The Labute approximate surface area is 128 Å². The molecule has 0 spiro atoms. The monoisotopic (exact) mass is 291 g/mol. The van der Waals surface area contributed by atoms with E-state index >= 15 is 0 Å². The van der Waals surface area contributed by atoms with Crippen LogP contribution in [0.25, 0.3) is 0 Å². The van der Waals surface area contributed by atoms with E-state index in [1.165, 1.54) is 11.1 Å². The molecule has 21 heavy (non-hydrogen) atoms. The van der Waals surface area contributed by atoms with Crippen LogP contribution in [0.3, 0.4) is 0 Å². The summed E-state index contributed by atoms with van der Waals surface area (Å²) in [4.78, 5) is 0. The third-order valence-electron chi connectivity index (χ3n) is 4.48. The van der Waals surface area contributed by atoms with Gasteiger partial charge in [0, 0.05) is 18.0 Å². The maximum atomic E-state index is 9.84. The summed E-state index contributed by atoms with van der Waals surface area (Å²) in [6.07, 6.45) is 4.23. The zero-order chi connectivity index (χ0) is 15.5. The summed E-state index contributed by atoms with van der Waals surface area (Å²) in [5.41, 5.74) is 2.37. The fraction of sp³-hybridized carbons (Fsp3) is 0.667. The number of aryl methyl sites for hydroxylation is 2. The third-order valence-corrected chi connectivity index (χ3v) is 4.48. The Morgan fingerprint density at radius 3 is 2.71 bits per heavy atom. The van der Waals surface area contributed by atoms with E-state index in [1.807, 2.05) is 6.07 Å². The first kappa shape index (κ1) is 16.3. The first-order valence-electron chi connectivity index (χ1n) is 8.06. The van der Waals surface area contributed by atoms with Crippen molar-refractivity contribution >= 4 is 0 Å². The first-order chi connectivity index (χ1) is 9.94. The molecule has 2 atom stereocenters. The van der Waals surface area contributed by atoms with Crippen LogP contribution in [-0.4, -0.2) is 29.4 Å². The topological polar surface area (TPSA) is 41.5 Å². The lowest BCUT2D eigenvalue weighted by molar-refractivity contribution is 0.0461.